The molecule has 1 aliphatic heterocycles. The van der Waals surface area contributed by atoms with Gasteiger partial charge in [0, 0.05) is 31.8 Å². The van der Waals surface area contributed by atoms with Crippen molar-refractivity contribution in [2.45, 2.75) is 45.7 Å². The van der Waals surface area contributed by atoms with Crippen molar-refractivity contribution in [3.05, 3.63) is 0 Å². The largest absolute Gasteiger partial charge is 0.381 e. The summed E-state index contributed by atoms with van der Waals surface area (Å²) in [6, 6.07) is 0.588. The Hall–Kier alpha value is -0.610. The van der Waals surface area contributed by atoms with Crippen molar-refractivity contribution in [2.75, 3.05) is 26.3 Å². The van der Waals surface area contributed by atoms with Crippen LogP contribution in [0.25, 0.3) is 0 Å². The number of amides is 1. The van der Waals surface area contributed by atoms with E-state index in [1.54, 1.807) is 0 Å². The summed E-state index contributed by atoms with van der Waals surface area (Å²) in [6.07, 6.45) is 1.52. The van der Waals surface area contributed by atoms with Crippen molar-refractivity contribution >= 4 is 5.91 Å². The lowest BCUT2D eigenvalue weighted by atomic mass is 10.1. The van der Waals surface area contributed by atoms with Gasteiger partial charge in [0.2, 0.25) is 5.91 Å². The Morgan fingerprint density at radius 2 is 1.94 bits per heavy atom. The molecule has 1 saturated heterocycles. The van der Waals surface area contributed by atoms with Crippen molar-refractivity contribution in [1.82, 2.24) is 10.2 Å². The first-order chi connectivity index (χ1) is 7.66. The zero-order chi connectivity index (χ0) is 12.0. The Balaban J connectivity index is 2.33. The maximum atomic E-state index is 12.0. The van der Waals surface area contributed by atoms with E-state index in [0.29, 0.717) is 25.1 Å². The van der Waals surface area contributed by atoms with E-state index in [4.69, 9.17) is 4.74 Å². The Labute approximate surface area is 98.3 Å². The summed E-state index contributed by atoms with van der Waals surface area (Å²) in [5, 5.41) is 3.32. The molecule has 0 aromatic heterocycles. The molecular formula is C12H24N2O2. The number of rotatable bonds is 5. The first kappa shape index (κ1) is 13.5. The molecule has 1 rings (SSSR count). The van der Waals surface area contributed by atoms with Crippen molar-refractivity contribution in [1.29, 1.82) is 0 Å². The van der Waals surface area contributed by atoms with E-state index in [1.807, 2.05) is 4.90 Å². The van der Waals surface area contributed by atoms with E-state index >= 15 is 0 Å². The van der Waals surface area contributed by atoms with Gasteiger partial charge in [-0.15, -0.1) is 0 Å². The van der Waals surface area contributed by atoms with Gasteiger partial charge in [-0.1, -0.05) is 6.92 Å². The maximum Gasteiger partial charge on any atom is 0.225 e. The van der Waals surface area contributed by atoms with Crippen LogP contribution in [0.4, 0.5) is 0 Å². The van der Waals surface area contributed by atoms with Crippen LogP contribution in [-0.4, -0.2) is 49.2 Å². The summed E-state index contributed by atoms with van der Waals surface area (Å²) in [4.78, 5) is 14.0. The highest BCUT2D eigenvalue weighted by molar-refractivity contribution is 5.77. The SMILES string of the molecule is CCCOCCC(=O)N1C(C)CNCC1C. The molecule has 0 bridgehead atoms. The Bertz CT molecular complexity index is 211. The van der Waals surface area contributed by atoms with Crippen molar-refractivity contribution in [3.63, 3.8) is 0 Å². The molecular weight excluding hydrogens is 204 g/mol. The minimum atomic E-state index is 0.220. The molecule has 0 spiro atoms. The van der Waals surface area contributed by atoms with Crippen LogP contribution in [-0.2, 0) is 9.53 Å². The molecule has 16 heavy (non-hydrogen) atoms. The minimum absolute atomic E-state index is 0.220. The van der Waals surface area contributed by atoms with Crippen LogP contribution in [0.2, 0.25) is 0 Å². The van der Waals surface area contributed by atoms with Crippen LogP contribution in [0, 0.1) is 0 Å². The highest BCUT2D eigenvalue weighted by atomic mass is 16.5. The lowest BCUT2D eigenvalue weighted by molar-refractivity contribution is -0.137. The number of nitrogens with one attached hydrogen (secondary N) is 1. The average molecular weight is 228 g/mol. The normalized spacial score (nSPS) is 25.8. The Morgan fingerprint density at radius 1 is 1.31 bits per heavy atom. The number of carbonyl (C=O) groups excluding carboxylic acids is 1. The molecule has 4 heteroatoms. The zero-order valence-electron chi connectivity index (χ0n) is 10.7. The first-order valence-electron chi connectivity index (χ1n) is 6.26. The van der Waals surface area contributed by atoms with Gasteiger partial charge in [0.1, 0.15) is 0 Å². The van der Waals surface area contributed by atoms with Gasteiger partial charge < -0.3 is 15.0 Å². The van der Waals surface area contributed by atoms with E-state index in [0.717, 1.165) is 26.1 Å². The first-order valence-corrected chi connectivity index (χ1v) is 6.26. The highest BCUT2D eigenvalue weighted by Gasteiger charge is 2.28. The summed E-state index contributed by atoms with van der Waals surface area (Å²) < 4.78 is 5.35. The Kier molecular flexibility index (Phi) is 5.77. The molecule has 0 aromatic rings. The molecule has 0 radical (unpaired) electrons. The minimum Gasteiger partial charge on any atom is -0.381 e. The fourth-order valence-corrected chi connectivity index (χ4v) is 2.16. The second-order valence-electron chi connectivity index (χ2n) is 4.52. The lowest BCUT2D eigenvalue weighted by Crippen LogP contribution is -2.57. The predicted octanol–water partition coefficient (Wildman–Crippen LogP) is 1.01. The smallest absolute Gasteiger partial charge is 0.225 e. The molecule has 4 nitrogen and oxygen atoms in total. The topological polar surface area (TPSA) is 41.6 Å². The monoisotopic (exact) mass is 228 g/mol. The summed E-state index contributed by atoms with van der Waals surface area (Å²) in [5.41, 5.74) is 0. The lowest BCUT2D eigenvalue weighted by Gasteiger charge is -2.39. The molecule has 94 valence electrons. The van der Waals surface area contributed by atoms with Crippen LogP contribution in [0.1, 0.15) is 33.6 Å². The second kappa shape index (κ2) is 6.86. The van der Waals surface area contributed by atoms with E-state index in [1.165, 1.54) is 0 Å². The zero-order valence-corrected chi connectivity index (χ0v) is 10.7. The molecule has 0 saturated carbocycles. The number of carbonyl (C=O) groups is 1. The number of piperazine rings is 1. The number of ether oxygens (including phenoxy) is 1. The third-order valence-electron chi connectivity index (χ3n) is 2.93. The molecule has 2 unspecified atom stereocenters. The molecule has 1 N–H and O–H groups in total. The summed E-state index contributed by atoms with van der Waals surface area (Å²) >= 11 is 0. The second-order valence-corrected chi connectivity index (χ2v) is 4.52. The molecule has 0 aliphatic carbocycles. The number of nitrogens with zero attached hydrogens (tertiary/aromatic N) is 1. The molecule has 1 amide bonds. The van der Waals surface area contributed by atoms with Crippen LogP contribution >= 0.6 is 0 Å². The third-order valence-corrected chi connectivity index (χ3v) is 2.93. The maximum absolute atomic E-state index is 12.0. The van der Waals surface area contributed by atoms with Crippen LogP contribution < -0.4 is 5.32 Å². The average Bonchev–Trinajstić information content (AvgIpc) is 2.24. The molecule has 1 heterocycles. The van der Waals surface area contributed by atoms with Gasteiger partial charge in [-0.3, -0.25) is 4.79 Å². The summed E-state index contributed by atoms with van der Waals surface area (Å²) in [6.45, 7) is 9.34. The van der Waals surface area contributed by atoms with Gasteiger partial charge >= 0.3 is 0 Å². The van der Waals surface area contributed by atoms with Gasteiger partial charge in [0.25, 0.3) is 0 Å². The Morgan fingerprint density at radius 3 is 2.50 bits per heavy atom. The van der Waals surface area contributed by atoms with Crippen molar-refractivity contribution in [2.24, 2.45) is 0 Å². The van der Waals surface area contributed by atoms with Gasteiger partial charge in [-0.05, 0) is 20.3 Å². The van der Waals surface area contributed by atoms with E-state index < -0.39 is 0 Å². The van der Waals surface area contributed by atoms with Crippen molar-refractivity contribution < 1.29 is 9.53 Å². The van der Waals surface area contributed by atoms with Gasteiger partial charge in [-0.2, -0.15) is 0 Å². The molecule has 1 fully saturated rings. The predicted molar refractivity (Wildman–Crippen MR) is 64.4 cm³/mol. The van der Waals surface area contributed by atoms with Crippen LogP contribution in [0.5, 0.6) is 0 Å². The molecule has 1 aliphatic rings. The highest BCUT2D eigenvalue weighted by Crippen LogP contribution is 2.11. The van der Waals surface area contributed by atoms with Crippen LogP contribution in [0.3, 0.4) is 0 Å². The molecule has 2 atom stereocenters. The van der Waals surface area contributed by atoms with Crippen LogP contribution in [0.15, 0.2) is 0 Å². The number of hydrogen-bond donors (Lipinski definition) is 1. The fourth-order valence-electron chi connectivity index (χ4n) is 2.16. The van der Waals surface area contributed by atoms with Crippen molar-refractivity contribution in [3.8, 4) is 0 Å². The quantitative estimate of drug-likeness (QED) is 0.714. The van der Waals surface area contributed by atoms with Gasteiger partial charge in [0.05, 0.1) is 13.0 Å². The third kappa shape index (κ3) is 3.76. The van der Waals surface area contributed by atoms with Gasteiger partial charge in [-0.25, -0.2) is 0 Å². The van der Waals surface area contributed by atoms with E-state index in [9.17, 15) is 4.79 Å². The summed E-state index contributed by atoms with van der Waals surface area (Å²) in [5.74, 6) is 0.220. The summed E-state index contributed by atoms with van der Waals surface area (Å²) in [7, 11) is 0. The van der Waals surface area contributed by atoms with Gasteiger partial charge in [0.15, 0.2) is 0 Å². The van der Waals surface area contributed by atoms with E-state index in [2.05, 4.69) is 26.1 Å². The standard InChI is InChI=1S/C12H24N2O2/c1-4-6-16-7-5-12(15)14-10(2)8-13-9-11(14)3/h10-11,13H,4-9H2,1-3H3. The number of hydrogen-bond acceptors (Lipinski definition) is 3. The van der Waals surface area contributed by atoms with E-state index in [-0.39, 0.29) is 5.91 Å². The molecule has 0 aromatic carbocycles. The fraction of sp³-hybridized carbons (Fsp3) is 0.917.